The van der Waals surface area contributed by atoms with Crippen LogP contribution in [0.5, 0.6) is 0 Å². The van der Waals surface area contributed by atoms with E-state index in [0.29, 0.717) is 12.6 Å². The smallest absolute Gasteiger partial charge is 0.283 e. The average molecular weight is 298 g/mol. The summed E-state index contributed by atoms with van der Waals surface area (Å²) in [5.41, 5.74) is -0.236. The van der Waals surface area contributed by atoms with Gasteiger partial charge < -0.3 is 10.6 Å². The summed E-state index contributed by atoms with van der Waals surface area (Å²) in [4.78, 5) is 22.2. The van der Waals surface area contributed by atoms with Crippen LogP contribution in [0.1, 0.15) is 29.6 Å². The first kappa shape index (κ1) is 14.7. The van der Waals surface area contributed by atoms with Crippen LogP contribution in [0.25, 0.3) is 0 Å². The molecule has 1 fully saturated rings. The van der Waals surface area contributed by atoms with Crippen molar-refractivity contribution < 1.29 is 9.72 Å². The van der Waals surface area contributed by atoms with Crippen LogP contribution in [0, 0.1) is 10.1 Å². The molecule has 7 heteroatoms. The average Bonchev–Trinajstić information content (AvgIpc) is 3.22. The van der Waals surface area contributed by atoms with E-state index in [1.165, 1.54) is 31.0 Å². The third-order valence-electron chi connectivity index (χ3n) is 3.05. The molecule has 0 atom stereocenters. The number of nitrogens with zero attached hydrogens (tertiary/aromatic N) is 1. The Kier molecular flexibility index (Phi) is 4.92. The Morgan fingerprint density at radius 3 is 2.80 bits per heavy atom. The molecule has 0 aromatic heterocycles. The van der Waals surface area contributed by atoms with Gasteiger partial charge in [-0.15, -0.1) is 0 Å². The van der Waals surface area contributed by atoms with E-state index < -0.39 is 10.8 Å². The van der Waals surface area contributed by atoms with Crippen LogP contribution < -0.4 is 10.6 Å². The molecule has 20 heavy (non-hydrogen) atoms. The van der Waals surface area contributed by atoms with Crippen LogP contribution in [0.15, 0.2) is 18.2 Å². The quantitative estimate of drug-likeness (QED) is 0.459. The lowest BCUT2D eigenvalue weighted by Gasteiger charge is -2.06. The molecule has 2 rings (SSSR count). The Hall–Kier alpha value is -1.66. The predicted molar refractivity (Wildman–Crippen MR) is 76.1 cm³/mol. The van der Waals surface area contributed by atoms with E-state index in [2.05, 4.69) is 10.6 Å². The number of carbonyl (C=O) groups is 1. The van der Waals surface area contributed by atoms with Gasteiger partial charge in [0.2, 0.25) is 0 Å². The molecule has 1 aromatic rings. The molecular formula is C13H16ClN3O3. The lowest BCUT2D eigenvalue weighted by atomic mass is 10.1. The maximum Gasteiger partial charge on any atom is 0.283 e. The summed E-state index contributed by atoms with van der Waals surface area (Å²) >= 11 is 5.70. The van der Waals surface area contributed by atoms with E-state index in [9.17, 15) is 14.9 Å². The summed E-state index contributed by atoms with van der Waals surface area (Å²) < 4.78 is 0. The number of rotatable bonds is 7. The number of hydrogen-bond acceptors (Lipinski definition) is 4. The van der Waals surface area contributed by atoms with Gasteiger partial charge >= 0.3 is 0 Å². The van der Waals surface area contributed by atoms with Crippen molar-refractivity contribution in [2.75, 3.05) is 13.1 Å². The maximum absolute atomic E-state index is 11.9. The number of halogens is 1. The second-order valence-corrected chi connectivity index (χ2v) is 5.19. The Morgan fingerprint density at radius 1 is 1.40 bits per heavy atom. The highest BCUT2D eigenvalue weighted by Gasteiger charge is 2.21. The summed E-state index contributed by atoms with van der Waals surface area (Å²) in [5.74, 6) is -0.445. The van der Waals surface area contributed by atoms with Crippen molar-refractivity contribution in [1.82, 2.24) is 10.6 Å². The van der Waals surface area contributed by atoms with E-state index in [-0.39, 0.29) is 16.3 Å². The van der Waals surface area contributed by atoms with Crippen molar-refractivity contribution in [3.8, 4) is 0 Å². The number of hydrogen-bond donors (Lipinski definition) is 2. The lowest BCUT2D eigenvalue weighted by Crippen LogP contribution is -2.28. The number of amides is 1. The van der Waals surface area contributed by atoms with Crippen molar-refractivity contribution in [2.24, 2.45) is 0 Å². The van der Waals surface area contributed by atoms with Gasteiger partial charge in [0.1, 0.15) is 5.56 Å². The molecule has 1 saturated carbocycles. The van der Waals surface area contributed by atoms with Crippen molar-refractivity contribution >= 4 is 23.2 Å². The molecule has 2 N–H and O–H groups in total. The van der Waals surface area contributed by atoms with Gasteiger partial charge in [-0.25, -0.2) is 0 Å². The first-order valence-electron chi connectivity index (χ1n) is 6.53. The SMILES string of the molecule is O=C(NCCCNC1CC1)c1ccc(Cl)cc1[N+](=O)[O-]. The molecule has 0 radical (unpaired) electrons. The third kappa shape index (κ3) is 4.18. The van der Waals surface area contributed by atoms with E-state index in [4.69, 9.17) is 11.6 Å². The second-order valence-electron chi connectivity index (χ2n) is 4.76. The maximum atomic E-state index is 11.9. The first-order chi connectivity index (χ1) is 9.58. The van der Waals surface area contributed by atoms with Gasteiger partial charge in [0, 0.05) is 23.7 Å². The fourth-order valence-corrected chi connectivity index (χ4v) is 1.99. The van der Waals surface area contributed by atoms with Gasteiger partial charge in [-0.05, 0) is 37.9 Å². The fourth-order valence-electron chi connectivity index (χ4n) is 1.83. The highest BCUT2D eigenvalue weighted by molar-refractivity contribution is 6.31. The van der Waals surface area contributed by atoms with Gasteiger partial charge in [-0.2, -0.15) is 0 Å². The normalized spacial score (nSPS) is 14.1. The Bertz CT molecular complexity index is 518. The molecule has 1 amide bonds. The van der Waals surface area contributed by atoms with Crippen LogP contribution in [0.4, 0.5) is 5.69 Å². The molecule has 6 nitrogen and oxygen atoms in total. The summed E-state index contributed by atoms with van der Waals surface area (Å²) in [7, 11) is 0. The van der Waals surface area contributed by atoms with E-state index >= 15 is 0 Å². The van der Waals surface area contributed by atoms with Gasteiger partial charge in [0.25, 0.3) is 11.6 Å². The highest BCUT2D eigenvalue weighted by atomic mass is 35.5. The van der Waals surface area contributed by atoms with Crippen molar-refractivity contribution in [2.45, 2.75) is 25.3 Å². The van der Waals surface area contributed by atoms with Crippen molar-refractivity contribution in [1.29, 1.82) is 0 Å². The third-order valence-corrected chi connectivity index (χ3v) is 3.29. The van der Waals surface area contributed by atoms with Gasteiger partial charge in [0.15, 0.2) is 0 Å². The topological polar surface area (TPSA) is 84.3 Å². The molecule has 0 saturated heterocycles. The molecule has 0 heterocycles. The van der Waals surface area contributed by atoms with Gasteiger partial charge in [0.05, 0.1) is 4.92 Å². The number of nitrogens with one attached hydrogen (secondary N) is 2. The van der Waals surface area contributed by atoms with Gasteiger partial charge in [-0.3, -0.25) is 14.9 Å². The van der Waals surface area contributed by atoms with E-state index in [1.807, 2.05) is 0 Å². The summed E-state index contributed by atoms with van der Waals surface area (Å²) in [6.07, 6.45) is 3.25. The minimum atomic E-state index is -0.602. The number of nitro groups is 1. The molecule has 0 bridgehead atoms. The van der Waals surface area contributed by atoms with Crippen LogP contribution in [-0.4, -0.2) is 30.0 Å². The summed E-state index contributed by atoms with van der Waals surface area (Å²) in [6, 6.07) is 4.67. The van der Waals surface area contributed by atoms with E-state index in [0.717, 1.165) is 13.0 Å². The monoisotopic (exact) mass is 297 g/mol. The zero-order chi connectivity index (χ0) is 14.5. The standard InChI is InChI=1S/C13H16ClN3O3/c14-9-2-5-11(12(8-9)17(19)20)13(18)16-7-1-6-15-10-3-4-10/h2,5,8,10,15H,1,3-4,6-7H2,(H,16,18). The predicted octanol–water partition coefficient (Wildman–Crippen LogP) is 2.12. The molecular weight excluding hydrogens is 282 g/mol. The van der Waals surface area contributed by atoms with Crippen molar-refractivity contribution in [3.63, 3.8) is 0 Å². The molecule has 1 aliphatic rings. The molecule has 0 aliphatic heterocycles. The molecule has 0 spiro atoms. The summed E-state index contributed by atoms with van der Waals surface area (Å²) in [5, 5.41) is 17.1. The van der Waals surface area contributed by atoms with Crippen LogP contribution in [0.2, 0.25) is 5.02 Å². The highest BCUT2D eigenvalue weighted by Crippen LogP contribution is 2.23. The van der Waals surface area contributed by atoms with Crippen LogP contribution in [-0.2, 0) is 0 Å². The molecule has 1 aromatic carbocycles. The van der Waals surface area contributed by atoms with Crippen LogP contribution in [0.3, 0.4) is 0 Å². The lowest BCUT2D eigenvalue weighted by molar-refractivity contribution is -0.385. The zero-order valence-corrected chi connectivity index (χ0v) is 11.7. The largest absolute Gasteiger partial charge is 0.352 e. The number of carbonyl (C=O) groups excluding carboxylic acids is 1. The van der Waals surface area contributed by atoms with E-state index in [1.54, 1.807) is 0 Å². The van der Waals surface area contributed by atoms with Crippen molar-refractivity contribution in [3.05, 3.63) is 38.9 Å². The molecule has 0 unspecified atom stereocenters. The fraction of sp³-hybridized carbons (Fsp3) is 0.462. The first-order valence-corrected chi connectivity index (χ1v) is 6.91. The second kappa shape index (κ2) is 6.67. The molecule has 1 aliphatic carbocycles. The minimum absolute atomic E-state index is 0.0366. The Labute approximate surface area is 121 Å². The van der Waals surface area contributed by atoms with Crippen LogP contribution >= 0.6 is 11.6 Å². The Morgan fingerprint density at radius 2 is 2.15 bits per heavy atom. The summed E-state index contributed by atoms with van der Waals surface area (Å²) in [6.45, 7) is 1.33. The number of benzene rings is 1. The molecule has 108 valence electrons. The van der Waals surface area contributed by atoms with Gasteiger partial charge in [-0.1, -0.05) is 11.6 Å². The minimum Gasteiger partial charge on any atom is -0.352 e. The zero-order valence-electron chi connectivity index (χ0n) is 10.9. The Balaban J connectivity index is 1.85. The number of nitro benzene ring substituents is 1.